The van der Waals surface area contributed by atoms with Gasteiger partial charge in [0.25, 0.3) is 0 Å². The second-order valence-electron chi connectivity index (χ2n) is 5.09. The van der Waals surface area contributed by atoms with Crippen LogP contribution in [0.4, 0.5) is 0 Å². The molecule has 122 valence electrons. The van der Waals surface area contributed by atoms with Crippen molar-refractivity contribution in [1.29, 1.82) is 0 Å². The van der Waals surface area contributed by atoms with Crippen molar-refractivity contribution in [3.63, 3.8) is 0 Å². The van der Waals surface area contributed by atoms with Gasteiger partial charge in [0.15, 0.2) is 0 Å². The number of nitrogens with zero attached hydrogens (tertiary/aromatic N) is 1. The molecule has 3 heterocycles. The van der Waals surface area contributed by atoms with E-state index in [1.165, 1.54) is 0 Å². The van der Waals surface area contributed by atoms with Gasteiger partial charge in [0.1, 0.15) is 17.4 Å². The first kappa shape index (κ1) is 15.7. The van der Waals surface area contributed by atoms with Gasteiger partial charge in [-0.2, -0.15) is 0 Å². The summed E-state index contributed by atoms with van der Waals surface area (Å²) in [5.41, 5.74) is 0.764. The van der Waals surface area contributed by atoms with Crippen LogP contribution in [0.5, 0.6) is 5.75 Å². The molecule has 0 spiro atoms. The van der Waals surface area contributed by atoms with Crippen LogP contribution >= 0.6 is 34.4 Å². The molecule has 0 unspecified atom stereocenters. The maximum atomic E-state index is 12.2. The van der Waals surface area contributed by atoms with Gasteiger partial charge in [-0.05, 0) is 23.6 Å². The van der Waals surface area contributed by atoms with Gasteiger partial charge < -0.3 is 9.47 Å². The van der Waals surface area contributed by atoms with Crippen molar-refractivity contribution in [2.45, 2.75) is 17.6 Å². The molecule has 0 N–H and O–H groups in total. The van der Waals surface area contributed by atoms with Crippen LogP contribution in [0.25, 0.3) is 9.88 Å². The Morgan fingerprint density at radius 3 is 3.04 bits per heavy atom. The minimum atomic E-state index is -0.569. The largest absolute Gasteiger partial charge is 0.477 e. The number of thiophene rings is 1. The molecule has 1 atom stereocenters. The summed E-state index contributed by atoms with van der Waals surface area (Å²) in [5.74, 6) is 0.958. The van der Waals surface area contributed by atoms with Crippen LogP contribution in [0.3, 0.4) is 0 Å². The molecule has 4 rings (SSSR count). The molecular weight excluding hydrogens is 362 g/mol. The molecule has 0 fully saturated rings. The Hall–Kier alpha value is -1.83. The lowest BCUT2D eigenvalue weighted by atomic mass is 10.3. The standard InChI is InChI=1S/C17H13NO3S3/c19-17(13-10-23-14-5-2-1-4-12(14)21-13)20-8-11-9-24-16(18-11)15-6-3-7-22-15/h1-7,9,13H,8,10H2/t13-/m1/s1. The topological polar surface area (TPSA) is 48.4 Å². The highest BCUT2D eigenvalue weighted by Crippen LogP contribution is 2.35. The van der Waals surface area contributed by atoms with E-state index in [-0.39, 0.29) is 12.6 Å². The van der Waals surface area contributed by atoms with E-state index >= 15 is 0 Å². The maximum absolute atomic E-state index is 12.2. The Balaban J connectivity index is 1.36. The van der Waals surface area contributed by atoms with E-state index in [1.807, 2.05) is 47.2 Å². The first-order valence-corrected chi connectivity index (χ1v) is 10.1. The monoisotopic (exact) mass is 375 g/mol. The van der Waals surface area contributed by atoms with E-state index in [9.17, 15) is 4.79 Å². The molecular formula is C17H13NO3S3. The molecule has 0 amide bonds. The van der Waals surface area contributed by atoms with E-state index < -0.39 is 6.10 Å². The van der Waals surface area contributed by atoms with Crippen LogP contribution in [0.15, 0.2) is 52.1 Å². The Morgan fingerprint density at radius 2 is 2.17 bits per heavy atom. The average Bonchev–Trinajstić information content (AvgIpc) is 3.30. The lowest BCUT2D eigenvalue weighted by Gasteiger charge is -2.23. The third-order valence-corrected chi connectivity index (χ3v) is 6.47. The molecule has 0 saturated heterocycles. The van der Waals surface area contributed by atoms with E-state index in [2.05, 4.69) is 4.98 Å². The lowest BCUT2D eigenvalue weighted by molar-refractivity contribution is -0.152. The molecule has 2 aromatic heterocycles. The first-order chi connectivity index (χ1) is 11.8. The highest BCUT2D eigenvalue weighted by atomic mass is 32.2. The summed E-state index contributed by atoms with van der Waals surface area (Å²) >= 11 is 4.82. The number of carbonyl (C=O) groups excluding carboxylic acids is 1. The summed E-state index contributed by atoms with van der Waals surface area (Å²) in [6.07, 6.45) is -0.569. The van der Waals surface area contributed by atoms with Crippen molar-refractivity contribution in [2.24, 2.45) is 0 Å². The van der Waals surface area contributed by atoms with E-state index in [4.69, 9.17) is 9.47 Å². The smallest absolute Gasteiger partial charge is 0.348 e. The number of hydrogen-bond donors (Lipinski definition) is 0. The third kappa shape index (κ3) is 3.33. The number of carbonyl (C=O) groups is 1. The van der Waals surface area contributed by atoms with E-state index in [1.54, 1.807) is 34.4 Å². The van der Waals surface area contributed by atoms with Gasteiger partial charge in [-0.1, -0.05) is 18.2 Å². The Bertz CT molecular complexity index is 844. The van der Waals surface area contributed by atoms with Crippen molar-refractivity contribution in [3.05, 3.63) is 52.9 Å². The van der Waals surface area contributed by atoms with Crippen LogP contribution in [-0.2, 0) is 16.1 Å². The summed E-state index contributed by atoms with van der Waals surface area (Å²) in [6.45, 7) is 0.173. The summed E-state index contributed by atoms with van der Waals surface area (Å²) in [4.78, 5) is 18.9. The number of thiazole rings is 1. The summed E-state index contributed by atoms with van der Waals surface area (Å²) in [5, 5.41) is 4.90. The van der Waals surface area contributed by atoms with Crippen LogP contribution in [0.2, 0.25) is 0 Å². The Labute approximate surface area is 151 Å². The molecule has 1 aromatic carbocycles. The van der Waals surface area contributed by atoms with Gasteiger partial charge in [-0.3, -0.25) is 0 Å². The second kappa shape index (κ2) is 6.96. The number of esters is 1. The zero-order chi connectivity index (χ0) is 16.4. The molecule has 1 aliphatic heterocycles. The summed E-state index contributed by atoms with van der Waals surface area (Å²) < 4.78 is 11.1. The number of benzene rings is 1. The molecule has 24 heavy (non-hydrogen) atoms. The highest BCUT2D eigenvalue weighted by Gasteiger charge is 2.28. The van der Waals surface area contributed by atoms with Crippen molar-refractivity contribution in [1.82, 2.24) is 4.98 Å². The van der Waals surface area contributed by atoms with Crippen molar-refractivity contribution in [2.75, 3.05) is 5.75 Å². The molecule has 0 aliphatic carbocycles. The van der Waals surface area contributed by atoms with Crippen LogP contribution in [0, 0.1) is 0 Å². The predicted octanol–water partition coefficient (Wildman–Crippen LogP) is 4.47. The maximum Gasteiger partial charge on any atom is 0.348 e. The van der Waals surface area contributed by atoms with Crippen molar-refractivity contribution in [3.8, 4) is 15.6 Å². The average molecular weight is 375 g/mol. The number of para-hydroxylation sites is 1. The number of fused-ring (bicyclic) bond motifs is 1. The minimum absolute atomic E-state index is 0.173. The molecule has 3 aromatic rings. The van der Waals surface area contributed by atoms with Gasteiger partial charge in [0.05, 0.1) is 10.6 Å². The van der Waals surface area contributed by atoms with Gasteiger partial charge in [0, 0.05) is 16.0 Å². The van der Waals surface area contributed by atoms with E-state index in [0.29, 0.717) is 5.75 Å². The summed E-state index contributed by atoms with van der Waals surface area (Å²) in [6, 6.07) is 11.7. The zero-order valence-electron chi connectivity index (χ0n) is 12.5. The van der Waals surface area contributed by atoms with E-state index in [0.717, 1.165) is 26.2 Å². The third-order valence-electron chi connectivity index (χ3n) is 3.42. The number of rotatable bonds is 4. The molecule has 7 heteroatoms. The van der Waals surface area contributed by atoms with Crippen molar-refractivity contribution < 1.29 is 14.3 Å². The first-order valence-electron chi connectivity index (χ1n) is 7.33. The zero-order valence-corrected chi connectivity index (χ0v) is 15.0. The fourth-order valence-corrected chi connectivity index (χ4v) is 4.85. The van der Waals surface area contributed by atoms with Gasteiger partial charge in [0.2, 0.25) is 6.10 Å². The Morgan fingerprint density at radius 1 is 1.25 bits per heavy atom. The molecule has 0 saturated carbocycles. The number of aromatic nitrogens is 1. The van der Waals surface area contributed by atoms with Gasteiger partial charge in [-0.15, -0.1) is 34.4 Å². The molecule has 1 aliphatic rings. The van der Waals surface area contributed by atoms with Crippen molar-refractivity contribution >= 4 is 40.4 Å². The SMILES string of the molecule is O=C(OCc1csc(-c2cccs2)n1)[C@H]1CSc2ccccc2O1. The van der Waals surface area contributed by atoms with Gasteiger partial charge >= 0.3 is 5.97 Å². The normalized spacial score (nSPS) is 16.2. The van der Waals surface area contributed by atoms with Crippen LogP contribution < -0.4 is 4.74 Å². The summed E-state index contributed by atoms with van der Waals surface area (Å²) in [7, 11) is 0. The van der Waals surface area contributed by atoms with Crippen LogP contribution in [-0.4, -0.2) is 22.8 Å². The second-order valence-corrected chi connectivity index (χ2v) is 7.96. The highest BCUT2D eigenvalue weighted by molar-refractivity contribution is 7.99. The number of thioether (sulfide) groups is 1. The fraction of sp³-hybridized carbons (Fsp3) is 0.176. The Kier molecular flexibility index (Phi) is 4.55. The minimum Gasteiger partial charge on any atom is -0.477 e. The molecule has 4 nitrogen and oxygen atoms in total. The molecule has 0 bridgehead atoms. The van der Waals surface area contributed by atoms with Crippen LogP contribution in [0.1, 0.15) is 5.69 Å². The van der Waals surface area contributed by atoms with Gasteiger partial charge in [-0.25, -0.2) is 9.78 Å². The molecule has 0 radical (unpaired) electrons. The predicted molar refractivity (Wildman–Crippen MR) is 96.8 cm³/mol. The number of ether oxygens (including phenoxy) is 2. The fourth-order valence-electron chi connectivity index (χ4n) is 2.26. The number of hydrogen-bond acceptors (Lipinski definition) is 7. The lowest BCUT2D eigenvalue weighted by Crippen LogP contribution is -2.33. The quantitative estimate of drug-likeness (QED) is 0.630.